The van der Waals surface area contributed by atoms with Gasteiger partial charge >= 0.3 is 0 Å². The largest absolute Gasteiger partial charge is 0.387 e. The van der Waals surface area contributed by atoms with Crippen molar-refractivity contribution in [1.29, 1.82) is 0 Å². The average Bonchev–Trinajstić information content (AvgIpc) is 3.66. The molecule has 3 amide bonds. The maximum absolute atomic E-state index is 17.1. The second-order valence-corrected chi connectivity index (χ2v) is 18.5. The van der Waals surface area contributed by atoms with E-state index in [-0.39, 0.29) is 34.0 Å². The van der Waals surface area contributed by atoms with Gasteiger partial charge in [-0.1, -0.05) is 116 Å². The van der Waals surface area contributed by atoms with E-state index in [2.05, 4.69) is 34.7 Å². The Morgan fingerprint density at radius 3 is 2.08 bits per heavy atom. The van der Waals surface area contributed by atoms with Gasteiger partial charge in [0.1, 0.15) is 17.8 Å². The number of rotatable bonds is 9. The molecule has 3 fully saturated rings. The minimum Gasteiger partial charge on any atom is -0.387 e. The number of aliphatic hydroxyl groups is 2. The number of carbonyl (C=O) groups is 3. The molecule has 4 aliphatic rings. The molecule has 2 aliphatic carbocycles. The third-order valence-electron chi connectivity index (χ3n) is 13.8. The molecule has 5 atom stereocenters. The third-order valence-corrected chi connectivity index (χ3v) is 14.3. The first-order chi connectivity index (χ1) is 28.3. The van der Waals surface area contributed by atoms with Gasteiger partial charge in [0.05, 0.1) is 23.2 Å². The summed E-state index contributed by atoms with van der Waals surface area (Å²) in [5.74, 6) is -3.04. The summed E-state index contributed by atoms with van der Waals surface area (Å²) in [6.45, 7) is 3.81. The standard InChI is InChI=1S/C47H51Cl2FN4O5/c1-45(2)22-24-46(25-23-45)47(34-21-16-30(48)26-36(34)53-44(47)59)38(33-14-9-15-35(49)39(33)50)41(43(58)52-32-19-17-31(18-20-32)51-37(56)27-55)54(46)40(28-10-5-3-6-11-28)42(57)29-12-7-4-8-13-29/h3-16,21,26,31-32,38,40-42,55,57H,17-20,22-25,27H2,1-2H3,(H,51,56)(H,52,58)(H,53,59)/t31-,32-,38-,40+,41+,42-,47+/m0/s1. The number of benzene rings is 4. The molecule has 2 saturated carbocycles. The number of hydrogen-bond donors (Lipinski definition) is 5. The van der Waals surface area contributed by atoms with Gasteiger partial charge < -0.3 is 26.2 Å². The van der Waals surface area contributed by atoms with Gasteiger partial charge in [0.2, 0.25) is 17.7 Å². The molecule has 0 radical (unpaired) electrons. The van der Waals surface area contributed by atoms with E-state index in [1.54, 1.807) is 24.3 Å². The van der Waals surface area contributed by atoms with E-state index in [1.165, 1.54) is 6.07 Å². The van der Waals surface area contributed by atoms with E-state index in [1.807, 2.05) is 66.7 Å². The predicted octanol–water partition coefficient (Wildman–Crippen LogP) is 8.14. The van der Waals surface area contributed by atoms with Crippen molar-refractivity contribution in [3.63, 3.8) is 0 Å². The lowest BCUT2D eigenvalue weighted by Crippen LogP contribution is -2.64. The number of anilines is 1. The minimum absolute atomic E-state index is 0.114. The van der Waals surface area contributed by atoms with Crippen LogP contribution in [0.3, 0.4) is 0 Å². The van der Waals surface area contributed by atoms with E-state index in [0.717, 1.165) is 5.56 Å². The Kier molecular flexibility index (Phi) is 11.4. The van der Waals surface area contributed by atoms with E-state index in [9.17, 15) is 15.0 Å². The SMILES string of the molecule is CC1(C)CCC2(CC1)N([C@H](c1ccccc1)[C@@H](O)c1ccccc1)[C@@H](C(=O)N[C@H]1CC[C@H](NC(=O)CO)CC1)[C@H](c1cccc(Cl)c1F)[C@]21C(=O)Nc2cc(Cl)ccc21. The fourth-order valence-electron chi connectivity index (χ4n) is 11.0. The van der Waals surface area contributed by atoms with Crippen LogP contribution in [0.4, 0.5) is 10.1 Å². The number of carbonyl (C=O) groups excluding carboxylic acids is 3. The zero-order valence-corrected chi connectivity index (χ0v) is 34.8. The number of likely N-dealkylation sites (tertiary alicyclic amines) is 1. The molecule has 2 heterocycles. The predicted molar refractivity (Wildman–Crippen MR) is 227 cm³/mol. The Hall–Kier alpha value is -4.32. The zero-order chi connectivity index (χ0) is 41.7. The minimum atomic E-state index is -1.56. The molecule has 59 heavy (non-hydrogen) atoms. The van der Waals surface area contributed by atoms with Gasteiger partial charge in [0.15, 0.2) is 0 Å². The highest BCUT2D eigenvalue weighted by atomic mass is 35.5. The van der Waals surface area contributed by atoms with Crippen molar-refractivity contribution in [3.8, 4) is 0 Å². The first kappa shape index (κ1) is 41.4. The maximum atomic E-state index is 17.1. The molecule has 4 aromatic rings. The lowest BCUT2D eigenvalue weighted by Gasteiger charge is -2.56. The first-order valence-electron chi connectivity index (χ1n) is 20.6. The van der Waals surface area contributed by atoms with E-state index >= 15 is 14.0 Å². The average molecular weight is 842 g/mol. The van der Waals surface area contributed by atoms with Gasteiger partial charge in [-0.25, -0.2) is 4.39 Å². The van der Waals surface area contributed by atoms with Crippen molar-refractivity contribution in [3.05, 3.63) is 135 Å². The second kappa shape index (κ2) is 16.3. The summed E-state index contributed by atoms with van der Waals surface area (Å²) in [5.41, 5.74) is -0.202. The molecule has 12 heteroatoms. The molecule has 310 valence electrons. The van der Waals surface area contributed by atoms with Gasteiger partial charge in [0.25, 0.3) is 0 Å². The molecule has 5 N–H and O–H groups in total. The van der Waals surface area contributed by atoms with Crippen LogP contribution < -0.4 is 16.0 Å². The molecule has 8 rings (SSSR count). The van der Waals surface area contributed by atoms with Crippen molar-refractivity contribution in [1.82, 2.24) is 15.5 Å². The smallest absolute Gasteiger partial charge is 0.245 e. The van der Waals surface area contributed by atoms with Crippen LogP contribution in [0.5, 0.6) is 0 Å². The van der Waals surface area contributed by atoms with Crippen LogP contribution in [-0.4, -0.2) is 63.1 Å². The normalized spacial score (nSPS) is 26.9. The number of halogens is 3. The van der Waals surface area contributed by atoms with Crippen LogP contribution in [0.2, 0.25) is 10.0 Å². The Bertz CT molecular complexity index is 2210. The van der Waals surface area contributed by atoms with E-state index in [0.29, 0.717) is 73.2 Å². The maximum Gasteiger partial charge on any atom is 0.245 e. The van der Waals surface area contributed by atoms with E-state index < -0.39 is 59.3 Å². The summed E-state index contributed by atoms with van der Waals surface area (Å²) in [6.07, 6.45) is 3.36. The summed E-state index contributed by atoms with van der Waals surface area (Å²) in [7, 11) is 0. The molecule has 0 bridgehead atoms. The fraction of sp³-hybridized carbons (Fsp3) is 0.426. The summed E-state index contributed by atoms with van der Waals surface area (Å²) in [4.78, 5) is 45.6. The van der Waals surface area contributed by atoms with Crippen LogP contribution in [-0.2, 0) is 19.8 Å². The van der Waals surface area contributed by atoms with Crippen LogP contribution in [0.25, 0.3) is 0 Å². The number of hydrogen-bond acceptors (Lipinski definition) is 6. The quantitative estimate of drug-likeness (QED) is 0.116. The molecular weight excluding hydrogens is 790 g/mol. The third kappa shape index (κ3) is 7.14. The Morgan fingerprint density at radius 2 is 1.46 bits per heavy atom. The molecular formula is C47H51Cl2FN4O5. The highest BCUT2D eigenvalue weighted by Crippen LogP contribution is 2.70. The number of amides is 3. The highest BCUT2D eigenvalue weighted by molar-refractivity contribution is 6.31. The summed E-state index contributed by atoms with van der Waals surface area (Å²) in [6, 6.07) is 26.5. The number of nitrogens with one attached hydrogen (secondary N) is 3. The Morgan fingerprint density at radius 1 is 0.847 bits per heavy atom. The van der Waals surface area contributed by atoms with Crippen LogP contribution in [0, 0.1) is 11.2 Å². The van der Waals surface area contributed by atoms with Crippen LogP contribution >= 0.6 is 23.2 Å². The number of nitrogens with zero attached hydrogens (tertiary/aromatic N) is 1. The van der Waals surface area contributed by atoms with Gasteiger partial charge in [-0.2, -0.15) is 0 Å². The molecule has 0 unspecified atom stereocenters. The molecule has 2 spiro atoms. The van der Waals surface area contributed by atoms with Crippen LogP contribution in [0.15, 0.2) is 97.1 Å². The molecule has 4 aromatic carbocycles. The number of aliphatic hydroxyl groups excluding tert-OH is 2. The lowest BCUT2D eigenvalue weighted by atomic mass is 9.53. The highest BCUT2D eigenvalue weighted by Gasteiger charge is 2.77. The first-order valence-corrected chi connectivity index (χ1v) is 21.4. The summed E-state index contributed by atoms with van der Waals surface area (Å²) >= 11 is 13.2. The Balaban J connectivity index is 1.40. The topological polar surface area (TPSA) is 131 Å². The molecule has 0 aromatic heterocycles. The van der Waals surface area contributed by atoms with Crippen molar-refractivity contribution < 1.29 is 29.0 Å². The van der Waals surface area contributed by atoms with E-state index in [4.69, 9.17) is 23.2 Å². The lowest BCUT2D eigenvalue weighted by molar-refractivity contribution is -0.137. The van der Waals surface area contributed by atoms with Gasteiger partial charge in [0, 0.05) is 34.3 Å². The molecule has 1 saturated heterocycles. The summed E-state index contributed by atoms with van der Waals surface area (Å²) < 4.78 is 17.1. The number of fused-ring (bicyclic) bond motifs is 3. The van der Waals surface area contributed by atoms with Gasteiger partial charge in [-0.05, 0) is 97.2 Å². The van der Waals surface area contributed by atoms with Crippen molar-refractivity contribution >= 4 is 46.6 Å². The zero-order valence-electron chi connectivity index (χ0n) is 33.3. The monoisotopic (exact) mass is 840 g/mol. The van der Waals surface area contributed by atoms with Crippen molar-refractivity contribution in [2.75, 3.05) is 11.9 Å². The van der Waals surface area contributed by atoms with Crippen molar-refractivity contribution in [2.45, 2.75) is 112 Å². The molecule has 9 nitrogen and oxygen atoms in total. The second-order valence-electron chi connectivity index (χ2n) is 17.6. The fourth-order valence-corrected chi connectivity index (χ4v) is 11.4. The van der Waals surface area contributed by atoms with Gasteiger partial charge in [-0.3, -0.25) is 19.3 Å². The summed E-state index contributed by atoms with van der Waals surface area (Å²) in [5, 5.41) is 31.9. The van der Waals surface area contributed by atoms with Crippen LogP contribution in [0.1, 0.15) is 106 Å². The van der Waals surface area contributed by atoms with Crippen molar-refractivity contribution in [2.24, 2.45) is 5.41 Å². The van der Waals surface area contributed by atoms with Gasteiger partial charge in [-0.15, -0.1) is 0 Å². The molecule has 2 aliphatic heterocycles. The Labute approximate surface area is 354 Å².